The fraction of sp³-hybridized carbons (Fsp3) is 0.444. The lowest BCUT2D eigenvalue weighted by molar-refractivity contribution is 0.0671. The van der Waals surface area contributed by atoms with Gasteiger partial charge in [0.05, 0.1) is 0 Å². The number of aliphatic imine (C=N–C) groups is 1. The van der Waals surface area contributed by atoms with Crippen LogP contribution in [0.25, 0.3) is 0 Å². The molecule has 0 saturated heterocycles. The van der Waals surface area contributed by atoms with Gasteiger partial charge < -0.3 is 10.6 Å². The van der Waals surface area contributed by atoms with E-state index in [4.69, 9.17) is 0 Å². The molecule has 2 aromatic rings. The Labute approximate surface area is 183 Å². The van der Waals surface area contributed by atoms with E-state index in [0.29, 0.717) is 12.5 Å². The van der Waals surface area contributed by atoms with E-state index in [1.807, 2.05) is 19.1 Å². The van der Waals surface area contributed by atoms with Gasteiger partial charge in [0.2, 0.25) is 0 Å². The Morgan fingerprint density at radius 2 is 2.15 bits per heavy atom. The quantitative estimate of drug-likeness (QED) is 0.303. The van der Waals surface area contributed by atoms with E-state index in [1.165, 1.54) is 18.0 Å². The molecule has 9 heteroatoms. The van der Waals surface area contributed by atoms with Crippen LogP contribution in [0.1, 0.15) is 37.7 Å². The van der Waals surface area contributed by atoms with Gasteiger partial charge in [0.15, 0.2) is 5.96 Å². The summed E-state index contributed by atoms with van der Waals surface area (Å²) in [4.78, 5) is 8.37. The Morgan fingerprint density at radius 3 is 2.78 bits per heavy atom. The van der Waals surface area contributed by atoms with Gasteiger partial charge in [0.1, 0.15) is 12.4 Å². The maximum atomic E-state index is 12.9. The van der Waals surface area contributed by atoms with Crippen LogP contribution in [-0.2, 0) is 12.0 Å². The van der Waals surface area contributed by atoms with E-state index in [0.717, 1.165) is 28.4 Å². The first-order valence-corrected chi connectivity index (χ1v) is 9.41. The van der Waals surface area contributed by atoms with Gasteiger partial charge in [-0.15, -0.1) is 24.0 Å². The van der Waals surface area contributed by atoms with Crippen LogP contribution in [0.3, 0.4) is 0 Å². The topological polar surface area (TPSA) is 54.2 Å². The number of alkyl halides is 2. The Bertz CT molecular complexity index is 777. The molecule has 0 amide bonds. The van der Waals surface area contributed by atoms with Crippen molar-refractivity contribution in [1.82, 2.24) is 20.2 Å². The molecule has 0 radical (unpaired) electrons. The van der Waals surface area contributed by atoms with Crippen LogP contribution in [0.5, 0.6) is 0 Å². The summed E-state index contributed by atoms with van der Waals surface area (Å²) in [6.45, 7) is 0.900. The molecule has 1 aromatic carbocycles. The summed E-state index contributed by atoms with van der Waals surface area (Å²) < 4.78 is 27.7. The van der Waals surface area contributed by atoms with Gasteiger partial charge in [0.25, 0.3) is 0 Å². The molecule has 148 valence electrons. The maximum Gasteiger partial charge on any atom is 0.319 e. The monoisotopic (exact) mass is 553 g/mol. The second-order valence-electron chi connectivity index (χ2n) is 6.37. The molecule has 1 aliphatic carbocycles. The van der Waals surface area contributed by atoms with Gasteiger partial charge in [-0.2, -0.15) is 8.78 Å². The Kier molecular flexibility index (Phi) is 8.02. The summed E-state index contributed by atoms with van der Waals surface area (Å²) >= 11 is 3.53. The molecule has 0 unspecified atom stereocenters. The molecule has 3 rings (SSSR count). The molecule has 5 nitrogen and oxygen atoms in total. The Hall–Kier alpha value is -1.23. The molecule has 1 heterocycles. The summed E-state index contributed by atoms with van der Waals surface area (Å²) in [7, 11) is 0. The Morgan fingerprint density at radius 1 is 1.37 bits per heavy atom. The predicted octanol–water partition coefficient (Wildman–Crippen LogP) is 4.45. The highest BCUT2D eigenvalue weighted by molar-refractivity contribution is 14.0. The van der Waals surface area contributed by atoms with Crippen LogP contribution in [0.4, 0.5) is 8.78 Å². The van der Waals surface area contributed by atoms with Crippen LogP contribution < -0.4 is 10.6 Å². The number of imidazole rings is 1. The van der Waals surface area contributed by atoms with E-state index < -0.39 is 6.55 Å². The molecular weight excluding hydrogens is 531 g/mol. The average molecular weight is 554 g/mol. The minimum Gasteiger partial charge on any atom is -0.357 e. The van der Waals surface area contributed by atoms with E-state index in [2.05, 4.69) is 48.7 Å². The summed E-state index contributed by atoms with van der Waals surface area (Å²) in [5.41, 5.74) is 1.41. The van der Waals surface area contributed by atoms with Crippen molar-refractivity contribution >= 4 is 45.9 Å². The number of halogens is 4. The summed E-state index contributed by atoms with van der Waals surface area (Å²) in [5, 5.41) is 6.51. The van der Waals surface area contributed by atoms with E-state index >= 15 is 0 Å². The second-order valence-corrected chi connectivity index (χ2v) is 7.28. The van der Waals surface area contributed by atoms with E-state index in [9.17, 15) is 8.78 Å². The Balaban J connectivity index is 0.00000261. The van der Waals surface area contributed by atoms with Gasteiger partial charge in [-0.05, 0) is 37.5 Å². The third-order valence-corrected chi connectivity index (χ3v) is 5.06. The van der Waals surface area contributed by atoms with Crippen molar-refractivity contribution < 1.29 is 8.78 Å². The highest BCUT2D eigenvalue weighted by Gasteiger charge is 2.44. The zero-order valence-electron chi connectivity index (χ0n) is 15.0. The minimum absolute atomic E-state index is 0. The van der Waals surface area contributed by atoms with Crippen molar-refractivity contribution in [2.75, 3.05) is 13.1 Å². The zero-order chi connectivity index (χ0) is 18.6. The third kappa shape index (κ3) is 5.63. The normalized spacial score (nSPS) is 15.4. The lowest BCUT2D eigenvalue weighted by Crippen LogP contribution is -2.41. The summed E-state index contributed by atoms with van der Waals surface area (Å²) in [5.74, 6) is 0.850. The molecule has 0 aliphatic heterocycles. The van der Waals surface area contributed by atoms with Crippen LogP contribution in [0.2, 0.25) is 0 Å². The number of hydrogen-bond donors (Lipinski definition) is 2. The number of benzene rings is 1. The molecule has 1 fully saturated rings. The fourth-order valence-electron chi connectivity index (χ4n) is 2.93. The molecule has 0 bridgehead atoms. The average Bonchev–Trinajstić information content (AvgIpc) is 3.26. The van der Waals surface area contributed by atoms with Crippen molar-refractivity contribution in [3.05, 3.63) is 52.5 Å². The zero-order valence-corrected chi connectivity index (χ0v) is 18.9. The standard InChI is InChI=1S/C18H22BrF2N5.HI/c1-2-22-17(24-11-15-23-8-9-26(15)16(20)21)25-12-18(6-7-18)13-4-3-5-14(19)10-13;/h3-5,8-10,16H,2,6-7,11-12H2,1H3,(H2,22,24,25);1H. The fourth-order valence-corrected chi connectivity index (χ4v) is 3.32. The highest BCUT2D eigenvalue weighted by atomic mass is 127. The minimum atomic E-state index is -2.61. The van der Waals surface area contributed by atoms with Crippen molar-refractivity contribution in [2.45, 2.75) is 38.3 Å². The number of nitrogens with one attached hydrogen (secondary N) is 2. The van der Waals surface area contributed by atoms with Gasteiger partial charge in [-0.1, -0.05) is 28.1 Å². The molecule has 27 heavy (non-hydrogen) atoms. The largest absolute Gasteiger partial charge is 0.357 e. The lowest BCUT2D eigenvalue weighted by Gasteiger charge is -2.19. The van der Waals surface area contributed by atoms with Crippen LogP contribution in [0, 0.1) is 0 Å². The smallest absolute Gasteiger partial charge is 0.319 e. The number of hydrogen-bond acceptors (Lipinski definition) is 2. The molecule has 1 aromatic heterocycles. The first-order valence-electron chi connectivity index (χ1n) is 8.62. The molecule has 0 spiro atoms. The summed E-state index contributed by atoms with van der Waals surface area (Å²) in [6.07, 6.45) is 4.86. The second kappa shape index (κ2) is 9.81. The lowest BCUT2D eigenvalue weighted by atomic mass is 9.96. The third-order valence-electron chi connectivity index (χ3n) is 4.57. The van der Waals surface area contributed by atoms with Crippen molar-refractivity contribution in [3.8, 4) is 0 Å². The van der Waals surface area contributed by atoms with E-state index in [1.54, 1.807) is 0 Å². The molecular formula is C18H23BrF2IN5. The first kappa shape index (κ1) is 22.1. The number of nitrogens with zero attached hydrogens (tertiary/aromatic N) is 3. The van der Waals surface area contributed by atoms with Gasteiger partial charge in [-0.25, -0.2) is 9.98 Å². The van der Waals surface area contributed by atoms with Gasteiger partial charge >= 0.3 is 6.55 Å². The van der Waals surface area contributed by atoms with Crippen molar-refractivity contribution in [1.29, 1.82) is 0 Å². The number of rotatable bonds is 7. The first-order chi connectivity index (χ1) is 12.5. The maximum absolute atomic E-state index is 12.9. The number of aromatic nitrogens is 2. The van der Waals surface area contributed by atoms with Crippen molar-refractivity contribution in [2.24, 2.45) is 4.99 Å². The predicted molar refractivity (Wildman–Crippen MR) is 117 cm³/mol. The number of guanidine groups is 1. The SMILES string of the molecule is CCNC(=NCc1nccn1C(F)F)NCC1(c2cccc(Br)c2)CC1.I. The van der Waals surface area contributed by atoms with Crippen LogP contribution >= 0.6 is 39.9 Å². The molecule has 2 N–H and O–H groups in total. The van der Waals surface area contributed by atoms with Crippen LogP contribution in [-0.4, -0.2) is 28.6 Å². The summed E-state index contributed by atoms with van der Waals surface area (Å²) in [6, 6.07) is 8.35. The molecule has 1 aliphatic rings. The highest BCUT2D eigenvalue weighted by Crippen LogP contribution is 2.48. The van der Waals surface area contributed by atoms with Gasteiger partial charge in [-0.3, -0.25) is 4.57 Å². The molecule has 1 saturated carbocycles. The van der Waals surface area contributed by atoms with E-state index in [-0.39, 0.29) is 41.8 Å². The van der Waals surface area contributed by atoms with Crippen LogP contribution in [0.15, 0.2) is 46.1 Å². The van der Waals surface area contributed by atoms with Gasteiger partial charge in [0, 0.05) is 35.4 Å². The molecule has 0 atom stereocenters. The van der Waals surface area contributed by atoms with Crippen molar-refractivity contribution in [3.63, 3.8) is 0 Å².